The van der Waals surface area contributed by atoms with Gasteiger partial charge in [-0.3, -0.25) is 9.59 Å². The lowest BCUT2D eigenvalue weighted by Crippen LogP contribution is -2.41. The molecule has 0 spiro atoms. The van der Waals surface area contributed by atoms with E-state index in [0.29, 0.717) is 30.3 Å². The average Bonchev–Trinajstić information content (AvgIpc) is 2.98. The highest BCUT2D eigenvalue weighted by molar-refractivity contribution is 5.90. The summed E-state index contributed by atoms with van der Waals surface area (Å²) >= 11 is 0. The van der Waals surface area contributed by atoms with E-state index in [9.17, 15) is 14.4 Å². The van der Waals surface area contributed by atoms with Gasteiger partial charge in [0.15, 0.2) is 0 Å². The lowest BCUT2D eigenvalue weighted by atomic mass is 10.1. The number of nitrogen functional groups attached to an aromatic ring is 2. The summed E-state index contributed by atoms with van der Waals surface area (Å²) < 4.78 is 0. The number of carboxylic acids is 2. The third kappa shape index (κ3) is 5.56. The molecule has 146 valence electrons. The Morgan fingerprint density at radius 2 is 1.89 bits per heavy atom. The van der Waals surface area contributed by atoms with Gasteiger partial charge in [0, 0.05) is 19.0 Å². The fourth-order valence-corrected chi connectivity index (χ4v) is 2.73. The number of carbonyl (C=O) groups excluding carboxylic acids is 1. The highest BCUT2D eigenvalue weighted by Gasteiger charge is 2.20. The number of anilines is 2. The fourth-order valence-electron chi connectivity index (χ4n) is 2.73. The van der Waals surface area contributed by atoms with Crippen LogP contribution in [0.2, 0.25) is 0 Å². The molecule has 0 aliphatic carbocycles. The highest BCUT2D eigenvalue weighted by Crippen LogP contribution is 2.24. The number of carboxylic acid groups (broad SMARTS) is 2. The Morgan fingerprint density at radius 1 is 1.15 bits per heavy atom. The summed E-state index contributed by atoms with van der Waals surface area (Å²) in [6, 6.07) is -1.20. The second-order valence-electron chi connectivity index (χ2n) is 6.10. The molecule has 0 fully saturated rings. The summed E-state index contributed by atoms with van der Waals surface area (Å²) in [7, 11) is 0. The van der Waals surface area contributed by atoms with Crippen molar-refractivity contribution in [1.82, 2.24) is 20.3 Å². The van der Waals surface area contributed by atoms with Crippen LogP contribution in [0.1, 0.15) is 37.7 Å². The van der Waals surface area contributed by atoms with Gasteiger partial charge in [-0.2, -0.15) is 9.97 Å². The summed E-state index contributed by atoms with van der Waals surface area (Å²) in [6.45, 7) is 0. The number of nitrogens with zero attached hydrogens (tertiary/aromatic N) is 2. The highest BCUT2D eigenvalue weighted by atomic mass is 16.4. The Balaban J connectivity index is 1.81. The Morgan fingerprint density at radius 3 is 2.56 bits per heavy atom. The van der Waals surface area contributed by atoms with Crippen molar-refractivity contribution in [1.29, 1.82) is 0 Å². The van der Waals surface area contributed by atoms with Crippen LogP contribution >= 0.6 is 0 Å². The maximum absolute atomic E-state index is 11.9. The number of carbonyl (C=O) groups is 3. The first-order valence-electron chi connectivity index (χ1n) is 8.40. The number of aromatic nitrogens is 3. The molecule has 0 saturated heterocycles. The molecule has 2 heterocycles. The number of aromatic amines is 1. The lowest BCUT2D eigenvalue weighted by molar-refractivity contribution is -0.143. The molecule has 27 heavy (non-hydrogen) atoms. The van der Waals surface area contributed by atoms with Crippen LogP contribution in [0, 0.1) is 0 Å². The average molecular weight is 378 g/mol. The van der Waals surface area contributed by atoms with Crippen LogP contribution in [0.4, 0.5) is 11.8 Å². The van der Waals surface area contributed by atoms with E-state index in [4.69, 9.17) is 21.7 Å². The van der Waals surface area contributed by atoms with Crippen molar-refractivity contribution in [2.45, 2.75) is 44.6 Å². The van der Waals surface area contributed by atoms with E-state index in [1.807, 2.05) is 0 Å². The van der Waals surface area contributed by atoms with Crippen molar-refractivity contribution in [2.75, 3.05) is 11.5 Å². The second kappa shape index (κ2) is 8.83. The number of H-pyrrole nitrogens is 1. The van der Waals surface area contributed by atoms with E-state index in [1.54, 1.807) is 6.20 Å². The van der Waals surface area contributed by atoms with Crippen LogP contribution in [0.15, 0.2) is 6.20 Å². The van der Waals surface area contributed by atoms with Gasteiger partial charge < -0.3 is 32.0 Å². The smallest absolute Gasteiger partial charge is 0.326 e. The third-order valence-electron chi connectivity index (χ3n) is 4.04. The number of amides is 1. The van der Waals surface area contributed by atoms with Gasteiger partial charge in [-0.15, -0.1) is 0 Å². The molecular weight excluding hydrogens is 356 g/mol. The van der Waals surface area contributed by atoms with Gasteiger partial charge in [-0.05, 0) is 31.2 Å². The zero-order valence-electron chi connectivity index (χ0n) is 14.6. The van der Waals surface area contributed by atoms with Crippen molar-refractivity contribution in [3.05, 3.63) is 11.8 Å². The largest absolute Gasteiger partial charge is 0.481 e. The molecule has 0 unspecified atom stereocenters. The minimum atomic E-state index is -1.25. The maximum Gasteiger partial charge on any atom is 0.326 e. The molecule has 2 aromatic heterocycles. The predicted octanol–water partition coefficient (Wildman–Crippen LogP) is 0.269. The van der Waals surface area contributed by atoms with Crippen LogP contribution in [0.5, 0.6) is 0 Å². The van der Waals surface area contributed by atoms with E-state index in [0.717, 1.165) is 5.56 Å². The number of hydrogen-bond acceptors (Lipinski definition) is 7. The molecule has 11 heteroatoms. The van der Waals surface area contributed by atoms with Crippen molar-refractivity contribution >= 4 is 40.6 Å². The van der Waals surface area contributed by atoms with E-state index in [1.165, 1.54) is 0 Å². The van der Waals surface area contributed by atoms with Gasteiger partial charge in [0.2, 0.25) is 11.9 Å². The molecule has 2 rings (SSSR count). The molecule has 0 radical (unpaired) electrons. The first-order valence-corrected chi connectivity index (χ1v) is 8.40. The van der Waals surface area contributed by atoms with Crippen LogP contribution in [0.3, 0.4) is 0 Å². The SMILES string of the molecule is Nc1nc(N)c2c(CCCCC(=O)N[C@@H](CCC(=O)O)C(=O)O)c[nH]c2n1. The van der Waals surface area contributed by atoms with Gasteiger partial charge in [-0.1, -0.05) is 0 Å². The first kappa shape index (κ1) is 19.9. The topological polar surface area (TPSA) is 197 Å². The van der Waals surface area contributed by atoms with E-state index < -0.39 is 23.9 Å². The van der Waals surface area contributed by atoms with E-state index in [-0.39, 0.29) is 31.0 Å². The molecule has 1 amide bonds. The zero-order chi connectivity index (χ0) is 20.0. The molecule has 11 nitrogen and oxygen atoms in total. The summed E-state index contributed by atoms with van der Waals surface area (Å²) in [5, 5.41) is 20.7. The molecule has 8 N–H and O–H groups in total. The molecule has 2 aromatic rings. The fraction of sp³-hybridized carbons (Fsp3) is 0.438. The number of nitrogens with one attached hydrogen (secondary N) is 2. The zero-order valence-corrected chi connectivity index (χ0v) is 14.6. The molecule has 1 atom stereocenters. The Hall–Kier alpha value is -3.37. The van der Waals surface area contributed by atoms with Crippen LogP contribution in [-0.2, 0) is 20.8 Å². The van der Waals surface area contributed by atoms with Gasteiger partial charge in [0.25, 0.3) is 0 Å². The predicted molar refractivity (Wildman–Crippen MR) is 96.7 cm³/mol. The van der Waals surface area contributed by atoms with Gasteiger partial charge >= 0.3 is 11.9 Å². The standard InChI is InChI=1S/C16H22N6O5/c17-13-12-8(7-19-14(12)22-16(18)21-13)3-1-2-4-10(23)20-9(15(26)27)5-6-11(24)25/h7,9H,1-6H2,(H,20,23)(H,24,25)(H,26,27)(H5,17,18,19,21,22)/t9-/m0/s1. The number of rotatable bonds is 10. The normalized spacial score (nSPS) is 12.0. The number of aliphatic carboxylic acids is 2. The summed E-state index contributed by atoms with van der Waals surface area (Å²) in [6.07, 6.45) is 3.24. The van der Waals surface area contributed by atoms with Crippen molar-refractivity contribution in [2.24, 2.45) is 0 Å². The number of aryl methyl sites for hydroxylation is 1. The van der Waals surface area contributed by atoms with Crippen molar-refractivity contribution < 1.29 is 24.6 Å². The quantitative estimate of drug-likeness (QED) is 0.314. The Labute approximate surface area is 154 Å². The second-order valence-corrected chi connectivity index (χ2v) is 6.10. The number of unbranched alkanes of at least 4 members (excludes halogenated alkanes) is 1. The van der Waals surface area contributed by atoms with E-state index >= 15 is 0 Å². The number of nitrogens with two attached hydrogens (primary N) is 2. The van der Waals surface area contributed by atoms with E-state index in [2.05, 4.69) is 20.3 Å². The monoisotopic (exact) mass is 378 g/mol. The Bertz CT molecular complexity index is 849. The molecule has 0 aliphatic heterocycles. The van der Waals surface area contributed by atoms with Gasteiger partial charge in [-0.25, -0.2) is 4.79 Å². The van der Waals surface area contributed by atoms with Gasteiger partial charge in [0.1, 0.15) is 17.5 Å². The summed E-state index contributed by atoms with van der Waals surface area (Å²) in [4.78, 5) is 44.5. The van der Waals surface area contributed by atoms with Gasteiger partial charge in [0.05, 0.1) is 5.39 Å². The summed E-state index contributed by atoms with van der Waals surface area (Å²) in [5.41, 5.74) is 12.9. The molecule has 0 saturated carbocycles. The minimum Gasteiger partial charge on any atom is -0.481 e. The van der Waals surface area contributed by atoms with Crippen LogP contribution in [0.25, 0.3) is 11.0 Å². The summed E-state index contributed by atoms with van der Waals surface area (Å²) in [5.74, 6) is -2.42. The lowest BCUT2D eigenvalue weighted by Gasteiger charge is -2.13. The Kier molecular flexibility index (Phi) is 6.52. The molecule has 0 aliphatic rings. The molecular formula is C16H22N6O5. The van der Waals surface area contributed by atoms with Crippen LogP contribution in [-0.4, -0.2) is 49.1 Å². The first-order chi connectivity index (χ1) is 12.8. The number of hydrogen-bond donors (Lipinski definition) is 6. The number of fused-ring (bicyclic) bond motifs is 1. The van der Waals surface area contributed by atoms with Crippen LogP contribution < -0.4 is 16.8 Å². The third-order valence-corrected chi connectivity index (χ3v) is 4.04. The molecule has 0 aromatic carbocycles. The van der Waals surface area contributed by atoms with Crippen molar-refractivity contribution in [3.8, 4) is 0 Å². The van der Waals surface area contributed by atoms with Crippen molar-refractivity contribution in [3.63, 3.8) is 0 Å². The minimum absolute atomic E-state index is 0.0842. The molecule has 0 bridgehead atoms. The maximum atomic E-state index is 11.9.